The molecule has 28 heavy (non-hydrogen) atoms. The highest BCUT2D eigenvalue weighted by atomic mass is 35.5. The van der Waals surface area contributed by atoms with Crippen LogP contribution in [0, 0.1) is 12.8 Å². The fourth-order valence-electron chi connectivity index (χ4n) is 3.23. The van der Waals surface area contributed by atoms with Crippen molar-refractivity contribution < 1.29 is 13.2 Å². The summed E-state index contributed by atoms with van der Waals surface area (Å²) in [6.07, 6.45) is 1.30. The minimum Gasteiger partial charge on any atom is -0.352 e. The highest BCUT2D eigenvalue weighted by Gasteiger charge is 2.33. The third-order valence-corrected chi connectivity index (χ3v) is 7.35. The van der Waals surface area contributed by atoms with Crippen molar-refractivity contribution in [2.24, 2.45) is 5.92 Å². The molecular formula is C20H22Cl2N2O3S. The monoisotopic (exact) mass is 440 g/mol. The van der Waals surface area contributed by atoms with Crippen LogP contribution in [0.4, 0.5) is 0 Å². The first kappa shape index (κ1) is 21.1. The van der Waals surface area contributed by atoms with Crippen molar-refractivity contribution in [3.8, 4) is 0 Å². The molecule has 2 aromatic rings. The predicted octanol–water partition coefficient (Wildman–Crippen LogP) is 4.02. The number of nitrogens with one attached hydrogen (secondary N) is 1. The van der Waals surface area contributed by atoms with E-state index in [1.54, 1.807) is 42.5 Å². The van der Waals surface area contributed by atoms with Crippen LogP contribution in [-0.4, -0.2) is 31.7 Å². The molecule has 1 amide bonds. The van der Waals surface area contributed by atoms with Gasteiger partial charge in [0.2, 0.25) is 15.9 Å². The highest BCUT2D eigenvalue weighted by Crippen LogP contribution is 2.25. The van der Waals surface area contributed by atoms with Gasteiger partial charge in [0.05, 0.1) is 10.8 Å². The summed E-state index contributed by atoms with van der Waals surface area (Å²) in [6.45, 7) is 2.78. The molecule has 1 heterocycles. The van der Waals surface area contributed by atoms with Crippen LogP contribution in [0.1, 0.15) is 24.0 Å². The second kappa shape index (κ2) is 8.82. The molecule has 0 aromatic heterocycles. The van der Waals surface area contributed by atoms with Crippen LogP contribution in [0.15, 0.2) is 47.4 Å². The van der Waals surface area contributed by atoms with Crippen LogP contribution in [-0.2, 0) is 21.4 Å². The van der Waals surface area contributed by atoms with E-state index in [1.807, 2.05) is 6.92 Å². The Hall–Kier alpha value is -1.60. The maximum Gasteiger partial charge on any atom is 0.243 e. The number of nitrogens with zero attached hydrogens (tertiary/aromatic N) is 1. The summed E-state index contributed by atoms with van der Waals surface area (Å²) in [5.41, 5.74) is 1.76. The average molecular weight is 441 g/mol. The molecule has 0 bridgehead atoms. The molecule has 1 aliphatic rings. The minimum absolute atomic E-state index is 0.171. The quantitative estimate of drug-likeness (QED) is 0.762. The summed E-state index contributed by atoms with van der Waals surface area (Å²) in [6, 6.07) is 11.9. The normalized spacial score (nSPS) is 18.0. The van der Waals surface area contributed by atoms with Crippen LogP contribution in [0.3, 0.4) is 0 Å². The number of piperidine rings is 1. The molecular weight excluding hydrogens is 419 g/mol. The number of aryl methyl sites for hydroxylation is 1. The summed E-state index contributed by atoms with van der Waals surface area (Å²) >= 11 is 12.0. The Labute approximate surface area is 175 Å². The smallest absolute Gasteiger partial charge is 0.243 e. The highest BCUT2D eigenvalue weighted by molar-refractivity contribution is 7.89. The van der Waals surface area contributed by atoms with Crippen molar-refractivity contribution in [2.75, 3.05) is 13.1 Å². The van der Waals surface area contributed by atoms with Gasteiger partial charge in [-0.3, -0.25) is 4.79 Å². The second-order valence-corrected chi connectivity index (χ2v) is 9.75. The lowest BCUT2D eigenvalue weighted by Gasteiger charge is -2.31. The Kier molecular flexibility index (Phi) is 6.65. The Morgan fingerprint density at radius 3 is 2.57 bits per heavy atom. The summed E-state index contributed by atoms with van der Waals surface area (Å²) in [7, 11) is -3.61. The van der Waals surface area contributed by atoms with Crippen LogP contribution in [0.5, 0.6) is 0 Å². The van der Waals surface area contributed by atoms with E-state index >= 15 is 0 Å². The lowest BCUT2D eigenvalue weighted by Crippen LogP contribution is -2.45. The number of sulfonamides is 1. The Bertz CT molecular complexity index is 962. The number of benzene rings is 2. The van der Waals surface area contributed by atoms with Gasteiger partial charge in [-0.2, -0.15) is 4.31 Å². The number of halogens is 2. The molecule has 0 spiro atoms. The molecule has 1 saturated heterocycles. The summed E-state index contributed by atoms with van der Waals surface area (Å²) in [5.74, 6) is -0.560. The zero-order chi connectivity index (χ0) is 20.3. The van der Waals surface area contributed by atoms with Crippen molar-refractivity contribution in [3.05, 3.63) is 63.6 Å². The van der Waals surface area contributed by atoms with Gasteiger partial charge in [-0.1, -0.05) is 47.0 Å². The third kappa shape index (κ3) is 4.87. The van der Waals surface area contributed by atoms with Crippen molar-refractivity contribution in [3.63, 3.8) is 0 Å². The van der Waals surface area contributed by atoms with Gasteiger partial charge in [-0.25, -0.2) is 8.42 Å². The molecule has 1 atom stereocenters. The number of hydrogen-bond donors (Lipinski definition) is 1. The second-order valence-electron chi connectivity index (χ2n) is 6.97. The molecule has 0 radical (unpaired) electrons. The third-order valence-electron chi connectivity index (χ3n) is 4.88. The van der Waals surface area contributed by atoms with E-state index in [1.165, 1.54) is 4.31 Å². The van der Waals surface area contributed by atoms with E-state index in [9.17, 15) is 13.2 Å². The Morgan fingerprint density at radius 1 is 1.18 bits per heavy atom. The summed E-state index contributed by atoms with van der Waals surface area (Å²) in [5, 5.41) is 3.88. The minimum atomic E-state index is -3.61. The standard InChI is InChI=1S/C20H22Cl2N2O3S/c1-14-4-8-18(9-5-14)28(26,27)24-10-2-3-16(13-24)20(25)23-12-15-6-7-17(21)11-19(15)22/h4-9,11,16H,2-3,10,12-13H2,1H3,(H,23,25)/t16-/m0/s1. The van der Waals surface area contributed by atoms with Crippen LogP contribution in [0.25, 0.3) is 0 Å². The fraction of sp³-hybridized carbons (Fsp3) is 0.350. The molecule has 3 rings (SSSR count). The van der Waals surface area contributed by atoms with E-state index in [4.69, 9.17) is 23.2 Å². The number of hydrogen-bond acceptors (Lipinski definition) is 3. The molecule has 0 aliphatic carbocycles. The average Bonchev–Trinajstić information content (AvgIpc) is 2.67. The number of rotatable bonds is 5. The van der Waals surface area contributed by atoms with Gasteiger partial charge in [0, 0.05) is 29.7 Å². The molecule has 150 valence electrons. The van der Waals surface area contributed by atoms with Crippen molar-refractivity contribution in [2.45, 2.75) is 31.2 Å². The van der Waals surface area contributed by atoms with Gasteiger partial charge in [-0.15, -0.1) is 0 Å². The first-order chi connectivity index (χ1) is 13.3. The zero-order valence-corrected chi connectivity index (χ0v) is 17.8. The number of carbonyl (C=O) groups excluding carboxylic acids is 1. The Balaban J connectivity index is 1.65. The van der Waals surface area contributed by atoms with Gasteiger partial charge in [0.25, 0.3) is 0 Å². The van der Waals surface area contributed by atoms with Crippen LogP contribution in [0.2, 0.25) is 10.0 Å². The molecule has 0 saturated carbocycles. The lowest BCUT2D eigenvalue weighted by atomic mass is 9.99. The van der Waals surface area contributed by atoms with Gasteiger partial charge in [0.1, 0.15) is 0 Å². The number of amides is 1. The van der Waals surface area contributed by atoms with E-state index in [2.05, 4.69) is 5.32 Å². The van der Waals surface area contributed by atoms with Crippen molar-refractivity contribution in [1.82, 2.24) is 9.62 Å². The predicted molar refractivity (Wildman–Crippen MR) is 111 cm³/mol. The zero-order valence-electron chi connectivity index (χ0n) is 15.5. The summed E-state index contributed by atoms with van der Waals surface area (Å²) in [4.78, 5) is 12.9. The first-order valence-electron chi connectivity index (χ1n) is 9.06. The van der Waals surface area contributed by atoms with E-state index < -0.39 is 10.0 Å². The molecule has 0 unspecified atom stereocenters. The molecule has 8 heteroatoms. The van der Waals surface area contributed by atoms with Crippen molar-refractivity contribution in [1.29, 1.82) is 0 Å². The number of carbonyl (C=O) groups is 1. The van der Waals surface area contributed by atoms with Crippen LogP contribution < -0.4 is 5.32 Å². The molecule has 1 aliphatic heterocycles. The van der Waals surface area contributed by atoms with Gasteiger partial charge in [-0.05, 0) is 49.6 Å². The molecule has 1 N–H and O–H groups in total. The SMILES string of the molecule is Cc1ccc(S(=O)(=O)N2CCC[C@H](C(=O)NCc3ccc(Cl)cc3Cl)C2)cc1. The van der Waals surface area contributed by atoms with Crippen molar-refractivity contribution >= 4 is 39.1 Å². The van der Waals surface area contributed by atoms with Gasteiger partial charge < -0.3 is 5.32 Å². The largest absolute Gasteiger partial charge is 0.352 e. The first-order valence-corrected chi connectivity index (χ1v) is 11.3. The van der Waals surface area contributed by atoms with Crippen LogP contribution >= 0.6 is 23.2 Å². The molecule has 2 aromatic carbocycles. The van der Waals surface area contributed by atoms with Gasteiger partial charge in [0.15, 0.2) is 0 Å². The molecule has 1 fully saturated rings. The van der Waals surface area contributed by atoms with E-state index in [-0.39, 0.29) is 29.8 Å². The topological polar surface area (TPSA) is 66.5 Å². The summed E-state index contributed by atoms with van der Waals surface area (Å²) < 4.78 is 27.2. The van der Waals surface area contributed by atoms with E-state index in [0.29, 0.717) is 29.4 Å². The lowest BCUT2D eigenvalue weighted by molar-refractivity contribution is -0.126. The Morgan fingerprint density at radius 2 is 1.89 bits per heavy atom. The maximum absolute atomic E-state index is 12.9. The maximum atomic E-state index is 12.9. The fourth-order valence-corrected chi connectivity index (χ4v) is 5.22. The van der Waals surface area contributed by atoms with E-state index in [0.717, 1.165) is 11.1 Å². The van der Waals surface area contributed by atoms with Gasteiger partial charge >= 0.3 is 0 Å². The molecule has 5 nitrogen and oxygen atoms in total.